The molecule has 1 atom stereocenters. The average Bonchev–Trinajstić information content (AvgIpc) is 2.45. The van der Waals surface area contributed by atoms with E-state index in [4.69, 9.17) is 16.3 Å². The van der Waals surface area contributed by atoms with Gasteiger partial charge >= 0.3 is 5.97 Å². The molecule has 0 aromatic heterocycles. The minimum atomic E-state index is -0.509. The molecule has 116 valence electrons. The van der Waals surface area contributed by atoms with Crippen molar-refractivity contribution in [2.75, 3.05) is 0 Å². The highest BCUT2D eigenvalue weighted by atomic mass is 35.5. The summed E-state index contributed by atoms with van der Waals surface area (Å²) in [5.74, 6) is -0.237. The number of esters is 1. The molecule has 22 heavy (non-hydrogen) atoms. The van der Waals surface area contributed by atoms with E-state index in [0.29, 0.717) is 5.02 Å². The Labute approximate surface area is 140 Å². The molecule has 0 amide bonds. The summed E-state index contributed by atoms with van der Waals surface area (Å²) >= 11 is 7.38. The minimum absolute atomic E-state index is 0.237. The first kappa shape index (κ1) is 16.9. The molecule has 4 heteroatoms. The van der Waals surface area contributed by atoms with Crippen LogP contribution in [0.2, 0.25) is 5.02 Å². The van der Waals surface area contributed by atoms with Gasteiger partial charge in [-0.2, -0.15) is 0 Å². The average molecular weight is 335 g/mol. The van der Waals surface area contributed by atoms with E-state index >= 15 is 0 Å². The van der Waals surface area contributed by atoms with Crippen molar-refractivity contribution in [2.24, 2.45) is 0 Å². The van der Waals surface area contributed by atoms with E-state index in [9.17, 15) is 4.79 Å². The maximum Gasteiger partial charge on any atom is 0.324 e. The fourth-order valence-electron chi connectivity index (χ4n) is 1.88. The molecule has 2 nitrogen and oxygen atoms in total. The van der Waals surface area contributed by atoms with Crippen LogP contribution in [0, 0.1) is 0 Å². The van der Waals surface area contributed by atoms with Gasteiger partial charge in [0, 0.05) is 9.92 Å². The predicted molar refractivity (Wildman–Crippen MR) is 92.3 cm³/mol. The maximum absolute atomic E-state index is 12.6. The second-order valence-corrected chi connectivity index (χ2v) is 7.51. The van der Waals surface area contributed by atoms with Gasteiger partial charge in [-0.15, -0.1) is 11.8 Å². The number of benzene rings is 2. The standard InChI is InChI=1S/C18H19ClO2S/c1-18(2,3)21-17(20)16(13-7-5-4-6-8-13)22-15-11-9-14(19)10-12-15/h4-12,16H,1-3H3. The molecule has 0 heterocycles. The number of thioether (sulfide) groups is 1. The highest BCUT2D eigenvalue weighted by Gasteiger charge is 2.27. The molecular weight excluding hydrogens is 316 g/mol. The largest absolute Gasteiger partial charge is 0.459 e. The Morgan fingerprint density at radius 1 is 1.05 bits per heavy atom. The van der Waals surface area contributed by atoms with Crippen molar-refractivity contribution < 1.29 is 9.53 Å². The third-order valence-electron chi connectivity index (χ3n) is 2.79. The van der Waals surface area contributed by atoms with Gasteiger partial charge in [-0.3, -0.25) is 4.79 Å². The molecule has 0 aliphatic carbocycles. The van der Waals surface area contributed by atoms with Crippen LogP contribution in [0.5, 0.6) is 0 Å². The van der Waals surface area contributed by atoms with E-state index in [1.54, 1.807) is 0 Å². The highest BCUT2D eigenvalue weighted by Crippen LogP contribution is 2.37. The predicted octanol–water partition coefficient (Wildman–Crippen LogP) is 5.52. The van der Waals surface area contributed by atoms with Crippen molar-refractivity contribution >= 4 is 29.3 Å². The molecule has 0 saturated heterocycles. The zero-order chi connectivity index (χ0) is 16.2. The summed E-state index contributed by atoms with van der Waals surface area (Å²) in [5.41, 5.74) is 0.418. The van der Waals surface area contributed by atoms with Crippen molar-refractivity contribution in [1.29, 1.82) is 0 Å². The fourth-order valence-corrected chi connectivity index (χ4v) is 3.01. The lowest BCUT2D eigenvalue weighted by molar-refractivity contribution is -0.154. The summed E-state index contributed by atoms with van der Waals surface area (Å²) in [6, 6.07) is 17.1. The highest BCUT2D eigenvalue weighted by molar-refractivity contribution is 8.00. The quantitative estimate of drug-likeness (QED) is 0.544. The molecule has 0 bridgehead atoms. The monoisotopic (exact) mass is 334 g/mol. The van der Waals surface area contributed by atoms with Crippen LogP contribution in [0.3, 0.4) is 0 Å². The second-order valence-electron chi connectivity index (χ2n) is 5.90. The van der Waals surface area contributed by atoms with Gasteiger partial charge in [0.2, 0.25) is 0 Å². The van der Waals surface area contributed by atoms with Gasteiger partial charge in [-0.1, -0.05) is 41.9 Å². The van der Waals surface area contributed by atoms with Crippen molar-refractivity contribution in [3.63, 3.8) is 0 Å². The van der Waals surface area contributed by atoms with Gasteiger partial charge in [-0.05, 0) is 50.6 Å². The zero-order valence-corrected chi connectivity index (χ0v) is 14.4. The Hall–Kier alpha value is -1.45. The van der Waals surface area contributed by atoms with E-state index < -0.39 is 10.9 Å². The number of ether oxygens (including phenoxy) is 1. The SMILES string of the molecule is CC(C)(C)OC(=O)C(Sc1ccc(Cl)cc1)c1ccccc1. The van der Waals surface area contributed by atoms with Crippen LogP contribution < -0.4 is 0 Å². The van der Waals surface area contributed by atoms with Crippen molar-refractivity contribution in [3.8, 4) is 0 Å². The minimum Gasteiger partial charge on any atom is -0.459 e. The first-order valence-electron chi connectivity index (χ1n) is 7.05. The van der Waals surface area contributed by atoms with E-state index in [1.165, 1.54) is 11.8 Å². The maximum atomic E-state index is 12.6. The summed E-state index contributed by atoms with van der Waals surface area (Å²) < 4.78 is 5.56. The summed E-state index contributed by atoms with van der Waals surface area (Å²) in [5, 5.41) is 0.277. The lowest BCUT2D eigenvalue weighted by Crippen LogP contribution is -2.26. The molecule has 0 fully saturated rings. The summed E-state index contributed by atoms with van der Waals surface area (Å²) in [6.45, 7) is 5.62. The van der Waals surface area contributed by atoms with E-state index in [0.717, 1.165) is 10.5 Å². The van der Waals surface area contributed by atoms with Gasteiger partial charge in [0.15, 0.2) is 0 Å². The molecule has 0 N–H and O–H groups in total. The van der Waals surface area contributed by atoms with Crippen LogP contribution in [0.4, 0.5) is 0 Å². The van der Waals surface area contributed by atoms with Crippen molar-refractivity contribution in [2.45, 2.75) is 36.5 Å². The zero-order valence-electron chi connectivity index (χ0n) is 12.9. The summed E-state index contributed by atoms with van der Waals surface area (Å²) in [4.78, 5) is 13.5. The Kier molecular flexibility index (Phi) is 5.54. The molecule has 0 aliphatic heterocycles. The lowest BCUT2D eigenvalue weighted by atomic mass is 10.1. The van der Waals surface area contributed by atoms with Crippen LogP contribution in [0.1, 0.15) is 31.6 Å². The van der Waals surface area contributed by atoms with Gasteiger partial charge in [0.05, 0.1) is 0 Å². The third kappa shape index (κ3) is 5.08. The number of carbonyl (C=O) groups is 1. The van der Waals surface area contributed by atoms with E-state index in [1.807, 2.05) is 75.4 Å². The summed E-state index contributed by atoms with van der Waals surface area (Å²) in [6.07, 6.45) is 0. The van der Waals surface area contributed by atoms with Crippen LogP contribution in [-0.4, -0.2) is 11.6 Å². The van der Waals surface area contributed by atoms with Gasteiger partial charge in [0.25, 0.3) is 0 Å². The molecule has 2 aromatic rings. The third-order valence-corrected chi connectivity index (χ3v) is 4.29. The topological polar surface area (TPSA) is 26.3 Å². The molecule has 2 aromatic carbocycles. The first-order valence-corrected chi connectivity index (χ1v) is 8.31. The number of carbonyl (C=O) groups excluding carboxylic acids is 1. The number of hydrogen-bond donors (Lipinski definition) is 0. The first-order chi connectivity index (χ1) is 10.3. The van der Waals surface area contributed by atoms with Gasteiger partial charge < -0.3 is 4.74 Å². The van der Waals surface area contributed by atoms with E-state index in [-0.39, 0.29) is 5.97 Å². The van der Waals surface area contributed by atoms with Crippen LogP contribution >= 0.6 is 23.4 Å². The number of halogens is 1. The van der Waals surface area contributed by atoms with Crippen LogP contribution in [0.15, 0.2) is 59.5 Å². The Morgan fingerprint density at radius 3 is 2.18 bits per heavy atom. The molecule has 0 saturated carbocycles. The number of hydrogen-bond acceptors (Lipinski definition) is 3. The molecule has 0 radical (unpaired) electrons. The van der Waals surface area contributed by atoms with Crippen LogP contribution in [0.25, 0.3) is 0 Å². The fraction of sp³-hybridized carbons (Fsp3) is 0.278. The molecular formula is C18H19ClO2S. The smallest absolute Gasteiger partial charge is 0.324 e. The Morgan fingerprint density at radius 2 is 1.64 bits per heavy atom. The second kappa shape index (κ2) is 7.21. The molecule has 0 spiro atoms. The van der Waals surface area contributed by atoms with Crippen molar-refractivity contribution in [3.05, 3.63) is 65.2 Å². The Balaban J connectivity index is 2.25. The molecule has 2 rings (SSSR count). The lowest BCUT2D eigenvalue weighted by Gasteiger charge is -2.24. The van der Waals surface area contributed by atoms with E-state index in [2.05, 4.69) is 0 Å². The van der Waals surface area contributed by atoms with Crippen LogP contribution in [-0.2, 0) is 9.53 Å². The summed E-state index contributed by atoms with van der Waals surface area (Å²) in [7, 11) is 0. The Bertz CT molecular complexity index is 618. The number of rotatable bonds is 4. The molecule has 1 unspecified atom stereocenters. The molecule has 0 aliphatic rings. The van der Waals surface area contributed by atoms with Crippen molar-refractivity contribution in [1.82, 2.24) is 0 Å². The van der Waals surface area contributed by atoms with Gasteiger partial charge in [0.1, 0.15) is 10.9 Å². The van der Waals surface area contributed by atoms with Gasteiger partial charge in [-0.25, -0.2) is 0 Å². The normalized spacial score (nSPS) is 12.7.